The molecule has 1 fully saturated rings. The monoisotopic (exact) mass is 336 g/mol. The van der Waals surface area contributed by atoms with E-state index >= 15 is 0 Å². The molecule has 0 spiro atoms. The molecule has 1 saturated heterocycles. The number of allylic oxidation sites excluding steroid dienone is 2. The highest BCUT2D eigenvalue weighted by atomic mass is 16.3. The van der Waals surface area contributed by atoms with Crippen LogP contribution >= 0.6 is 0 Å². The van der Waals surface area contributed by atoms with Gasteiger partial charge in [-0.3, -0.25) is 14.5 Å². The molecule has 1 aromatic carbocycles. The molecule has 0 bridgehead atoms. The molecule has 0 radical (unpaired) electrons. The van der Waals surface area contributed by atoms with Crippen molar-refractivity contribution in [1.82, 2.24) is 9.88 Å². The molecule has 2 heterocycles. The van der Waals surface area contributed by atoms with Gasteiger partial charge in [0.15, 0.2) is 0 Å². The smallest absolute Gasteiger partial charge is 0.233 e. The molecule has 25 heavy (non-hydrogen) atoms. The number of aryl methyl sites for hydroxylation is 2. The van der Waals surface area contributed by atoms with E-state index in [1.54, 1.807) is 0 Å². The van der Waals surface area contributed by atoms with Crippen LogP contribution in [0, 0.1) is 25.7 Å². The Balaban J connectivity index is 1.55. The predicted molar refractivity (Wildman–Crippen MR) is 92.3 cm³/mol. The Labute approximate surface area is 146 Å². The number of likely N-dealkylation sites (tertiary alicyclic amines) is 1. The van der Waals surface area contributed by atoms with Crippen LogP contribution in [0.5, 0.6) is 0 Å². The Morgan fingerprint density at radius 2 is 1.80 bits per heavy atom. The second kappa shape index (κ2) is 5.99. The summed E-state index contributed by atoms with van der Waals surface area (Å²) in [4.78, 5) is 30.9. The molecular weight excluding hydrogens is 316 g/mol. The molecular formula is C20H20N2O3. The zero-order valence-electron chi connectivity index (χ0n) is 14.4. The van der Waals surface area contributed by atoms with Crippen LogP contribution in [0.4, 0.5) is 0 Å². The van der Waals surface area contributed by atoms with Crippen molar-refractivity contribution >= 4 is 11.8 Å². The summed E-state index contributed by atoms with van der Waals surface area (Å²) >= 11 is 0. The summed E-state index contributed by atoms with van der Waals surface area (Å²) in [5.74, 6) is -0.0667. The standard InChI is InChI=1S/C20H20N2O3/c1-12-7-8-15(13(2)9-12)18-21-14(11-25-18)10-22-19(23)16-5-3-4-6-17(16)20(22)24/h3-4,7-9,11,16-17H,5-6,10H2,1-2H3/t16-,17-/m0/s1. The Kier molecular flexibility index (Phi) is 3.79. The van der Waals surface area contributed by atoms with E-state index in [0.29, 0.717) is 24.4 Å². The average Bonchev–Trinajstić information content (AvgIpc) is 3.15. The van der Waals surface area contributed by atoms with E-state index in [1.807, 2.05) is 38.1 Å². The number of hydrogen-bond donors (Lipinski definition) is 0. The quantitative estimate of drug-likeness (QED) is 0.636. The van der Waals surface area contributed by atoms with Gasteiger partial charge in [0.2, 0.25) is 17.7 Å². The molecule has 5 nitrogen and oxygen atoms in total. The summed E-state index contributed by atoms with van der Waals surface area (Å²) in [5, 5.41) is 0. The minimum atomic E-state index is -0.205. The number of oxazole rings is 1. The van der Waals surface area contributed by atoms with Crippen molar-refractivity contribution in [2.45, 2.75) is 33.2 Å². The first-order valence-corrected chi connectivity index (χ1v) is 8.57. The number of fused-ring (bicyclic) bond motifs is 1. The van der Waals surface area contributed by atoms with Gasteiger partial charge in [0.25, 0.3) is 0 Å². The summed E-state index contributed by atoms with van der Waals surface area (Å²) in [6.45, 7) is 4.23. The van der Waals surface area contributed by atoms with Crippen molar-refractivity contribution in [3.05, 3.63) is 53.4 Å². The molecule has 1 aliphatic heterocycles. The van der Waals surface area contributed by atoms with Gasteiger partial charge in [-0.1, -0.05) is 29.8 Å². The molecule has 2 aromatic rings. The van der Waals surface area contributed by atoms with Gasteiger partial charge >= 0.3 is 0 Å². The molecule has 0 unspecified atom stereocenters. The minimum Gasteiger partial charge on any atom is -0.444 e. The lowest BCUT2D eigenvalue weighted by Crippen LogP contribution is -2.30. The largest absolute Gasteiger partial charge is 0.444 e. The second-order valence-electron chi connectivity index (χ2n) is 6.88. The summed E-state index contributed by atoms with van der Waals surface area (Å²) in [6, 6.07) is 6.06. The lowest BCUT2D eigenvalue weighted by molar-refractivity contribution is -0.140. The van der Waals surface area contributed by atoms with Gasteiger partial charge in [-0.05, 0) is 38.3 Å². The van der Waals surface area contributed by atoms with Crippen molar-refractivity contribution in [2.24, 2.45) is 11.8 Å². The average molecular weight is 336 g/mol. The van der Waals surface area contributed by atoms with Crippen molar-refractivity contribution in [3.63, 3.8) is 0 Å². The normalized spacial score (nSPS) is 22.6. The number of aromatic nitrogens is 1. The van der Waals surface area contributed by atoms with E-state index in [2.05, 4.69) is 11.1 Å². The number of rotatable bonds is 3. The molecule has 1 aromatic heterocycles. The van der Waals surface area contributed by atoms with E-state index in [1.165, 1.54) is 16.7 Å². The molecule has 1 aliphatic carbocycles. The van der Waals surface area contributed by atoms with Gasteiger partial charge in [-0.2, -0.15) is 0 Å². The van der Waals surface area contributed by atoms with Gasteiger partial charge in [-0.25, -0.2) is 4.98 Å². The molecule has 0 N–H and O–H groups in total. The third-order valence-electron chi connectivity index (χ3n) is 5.08. The van der Waals surface area contributed by atoms with Crippen LogP contribution in [0.3, 0.4) is 0 Å². The van der Waals surface area contributed by atoms with E-state index in [4.69, 9.17) is 4.42 Å². The van der Waals surface area contributed by atoms with Crippen molar-refractivity contribution in [1.29, 1.82) is 0 Å². The third-order valence-corrected chi connectivity index (χ3v) is 5.08. The summed E-state index contributed by atoms with van der Waals surface area (Å²) < 4.78 is 5.60. The van der Waals surface area contributed by atoms with E-state index in [9.17, 15) is 9.59 Å². The lowest BCUT2D eigenvalue weighted by atomic mass is 9.85. The second-order valence-corrected chi connectivity index (χ2v) is 6.88. The number of amides is 2. The van der Waals surface area contributed by atoms with Crippen LogP contribution in [0.1, 0.15) is 29.7 Å². The zero-order valence-corrected chi connectivity index (χ0v) is 14.4. The molecule has 0 saturated carbocycles. The van der Waals surface area contributed by atoms with Gasteiger partial charge in [-0.15, -0.1) is 0 Å². The number of hydrogen-bond acceptors (Lipinski definition) is 4. The number of carbonyl (C=O) groups excluding carboxylic acids is 2. The molecule has 5 heteroatoms. The molecule has 2 aliphatic rings. The Morgan fingerprint density at radius 3 is 2.44 bits per heavy atom. The highest BCUT2D eigenvalue weighted by Gasteiger charge is 2.47. The number of imide groups is 1. The third kappa shape index (κ3) is 2.69. The molecule has 4 rings (SSSR count). The van der Waals surface area contributed by atoms with Gasteiger partial charge < -0.3 is 4.42 Å². The van der Waals surface area contributed by atoms with E-state index < -0.39 is 0 Å². The SMILES string of the molecule is Cc1ccc(-c2nc(CN3C(=O)[C@H]4CC=CC[C@@H]4C3=O)co2)c(C)c1. The minimum absolute atomic E-state index is 0.0876. The maximum absolute atomic E-state index is 12.5. The first kappa shape index (κ1) is 15.8. The fraction of sp³-hybridized carbons (Fsp3) is 0.350. The number of carbonyl (C=O) groups is 2. The Bertz CT molecular complexity index is 855. The van der Waals surface area contributed by atoms with Crippen LogP contribution in [0.2, 0.25) is 0 Å². The number of nitrogens with zero attached hydrogens (tertiary/aromatic N) is 2. The maximum Gasteiger partial charge on any atom is 0.233 e. The van der Waals surface area contributed by atoms with Crippen LogP contribution in [0.25, 0.3) is 11.5 Å². The van der Waals surface area contributed by atoms with E-state index in [-0.39, 0.29) is 30.2 Å². The Morgan fingerprint density at radius 1 is 1.12 bits per heavy atom. The predicted octanol–water partition coefficient (Wildman–Crippen LogP) is 3.41. The molecule has 2 atom stereocenters. The fourth-order valence-electron chi connectivity index (χ4n) is 3.74. The van der Waals surface area contributed by atoms with Gasteiger partial charge in [0.05, 0.1) is 24.1 Å². The van der Waals surface area contributed by atoms with Crippen LogP contribution in [0.15, 0.2) is 41.0 Å². The zero-order chi connectivity index (χ0) is 17.6. The van der Waals surface area contributed by atoms with Crippen molar-refractivity contribution in [3.8, 4) is 11.5 Å². The molecule has 128 valence electrons. The van der Waals surface area contributed by atoms with Gasteiger partial charge in [0, 0.05) is 5.56 Å². The van der Waals surface area contributed by atoms with Crippen LogP contribution in [-0.2, 0) is 16.1 Å². The highest BCUT2D eigenvalue weighted by molar-refractivity contribution is 6.05. The lowest BCUT2D eigenvalue weighted by Gasteiger charge is -2.14. The Hall–Kier alpha value is -2.69. The van der Waals surface area contributed by atoms with Crippen molar-refractivity contribution in [2.75, 3.05) is 0 Å². The highest BCUT2D eigenvalue weighted by Crippen LogP contribution is 2.36. The number of benzene rings is 1. The summed E-state index contributed by atoms with van der Waals surface area (Å²) in [5.41, 5.74) is 3.79. The van der Waals surface area contributed by atoms with Gasteiger partial charge in [0.1, 0.15) is 6.26 Å². The first-order valence-electron chi connectivity index (χ1n) is 8.57. The van der Waals surface area contributed by atoms with E-state index in [0.717, 1.165) is 11.1 Å². The van der Waals surface area contributed by atoms with Crippen molar-refractivity contribution < 1.29 is 14.0 Å². The van der Waals surface area contributed by atoms with Crippen LogP contribution < -0.4 is 0 Å². The maximum atomic E-state index is 12.5. The summed E-state index contributed by atoms with van der Waals surface area (Å²) in [7, 11) is 0. The topological polar surface area (TPSA) is 63.4 Å². The first-order chi connectivity index (χ1) is 12.0. The fourth-order valence-corrected chi connectivity index (χ4v) is 3.74. The molecule has 2 amide bonds. The van der Waals surface area contributed by atoms with Crippen LogP contribution in [-0.4, -0.2) is 21.7 Å². The summed E-state index contributed by atoms with van der Waals surface area (Å²) in [6.07, 6.45) is 6.82.